The third-order valence-corrected chi connectivity index (χ3v) is 11.3. The molecule has 0 aromatic rings. The predicted molar refractivity (Wildman–Crippen MR) is 182 cm³/mol. The van der Waals surface area contributed by atoms with Crippen molar-refractivity contribution in [2.75, 3.05) is 21.2 Å². The maximum Gasteiger partial charge on any atom is 0.311 e. The van der Waals surface area contributed by atoms with Gasteiger partial charge in [0, 0.05) is 37.3 Å². The molecule has 5 N–H and O–H groups in total. The minimum atomic E-state index is -2.23. The molecule has 2 unspecified atom stereocenters. The number of hydrogen-bond donors (Lipinski definition) is 5. The Hall–Kier alpha value is -1.30. The molecule has 0 saturated carbocycles. The molecule has 14 nitrogen and oxygen atoms in total. The van der Waals surface area contributed by atoms with Gasteiger partial charge in [-0.25, -0.2) is 0 Å². The third kappa shape index (κ3) is 9.43. The Labute approximate surface area is 297 Å². The maximum absolute atomic E-state index is 14.0. The summed E-state index contributed by atoms with van der Waals surface area (Å²) in [7, 11) is 5.16. The lowest BCUT2D eigenvalue weighted by atomic mass is 9.73. The minimum absolute atomic E-state index is 0.142. The second-order valence-corrected chi connectivity index (χ2v) is 15.8. The van der Waals surface area contributed by atoms with Crippen molar-refractivity contribution >= 4 is 11.8 Å². The summed E-state index contributed by atoms with van der Waals surface area (Å²) in [5, 5.41) is 57.1. The Balaban J connectivity index is 2.16. The molecule has 0 aliphatic carbocycles. The Kier molecular flexibility index (Phi) is 14.9. The molecule has 50 heavy (non-hydrogen) atoms. The van der Waals surface area contributed by atoms with Gasteiger partial charge in [-0.3, -0.25) is 9.59 Å². The van der Waals surface area contributed by atoms with Crippen molar-refractivity contribution < 1.29 is 63.5 Å². The van der Waals surface area contributed by atoms with Crippen molar-refractivity contribution in [3.8, 4) is 0 Å². The van der Waals surface area contributed by atoms with E-state index in [-0.39, 0.29) is 31.4 Å². The van der Waals surface area contributed by atoms with Gasteiger partial charge in [0.25, 0.3) is 0 Å². The maximum atomic E-state index is 14.0. The third-order valence-electron chi connectivity index (χ3n) is 11.3. The number of carbonyl (C=O) groups is 2. The average Bonchev–Trinajstić information content (AvgIpc) is 3.04. The lowest BCUT2D eigenvalue weighted by molar-refractivity contribution is -0.311. The molecule has 18 atom stereocenters. The second-order valence-electron chi connectivity index (χ2n) is 15.8. The average molecular weight is 720 g/mol. The summed E-state index contributed by atoms with van der Waals surface area (Å²) in [6.07, 6.45) is -9.73. The van der Waals surface area contributed by atoms with Crippen LogP contribution < -0.4 is 0 Å². The molecule has 3 aliphatic heterocycles. The van der Waals surface area contributed by atoms with E-state index in [4.69, 9.17) is 28.4 Å². The standard InChI is InChI=1S/C36H65NO13/c1-13-24-19(4)31(41)36(9,44)30(40)17(2)16-35(8,43)32(50-34-28(39)23(37(10)11)14-18(3)46-34)20(5)29(21(6)33(42)48-24)49-26-15-25(45-12)27(38)22(7)47-26/h17-29,31-32,34,38-39,41,43-44H,13-16H2,1-12H3/t17-,18-,19+,20+,21-,22+,23+,24?,25+,26+,27+,28-,29?,31+,32-,34+,35-,36-/m1/s1. The van der Waals surface area contributed by atoms with Crippen LogP contribution in [-0.4, -0.2) is 148 Å². The van der Waals surface area contributed by atoms with Crippen molar-refractivity contribution in [3.63, 3.8) is 0 Å². The highest BCUT2D eigenvalue weighted by Crippen LogP contribution is 2.39. The molecular formula is C36H65NO13. The molecule has 3 fully saturated rings. The summed E-state index contributed by atoms with van der Waals surface area (Å²) in [6.45, 7) is 14.6. The summed E-state index contributed by atoms with van der Waals surface area (Å²) >= 11 is 0. The molecule has 3 heterocycles. The van der Waals surface area contributed by atoms with Gasteiger partial charge in [0.2, 0.25) is 0 Å². The van der Waals surface area contributed by atoms with Gasteiger partial charge in [-0.1, -0.05) is 27.7 Å². The quantitative estimate of drug-likeness (QED) is 0.237. The molecular weight excluding hydrogens is 654 g/mol. The lowest BCUT2D eigenvalue weighted by Gasteiger charge is -2.48. The predicted octanol–water partition coefficient (Wildman–Crippen LogP) is 1.40. The number of aliphatic hydroxyl groups is 5. The van der Waals surface area contributed by atoms with Crippen molar-refractivity contribution in [2.24, 2.45) is 23.7 Å². The van der Waals surface area contributed by atoms with Crippen LogP contribution in [-0.2, 0) is 38.0 Å². The number of likely N-dealkylation sites (N-methyl/N-ethyl adjacent to an activating group) is 1. The number of esters is 1. The Bertz CT molecular complexity index is 1120. The highest BCUT2D eigenvalue weighted by molar-refractivity contribution is 5.89. The fraction of sp³-hybridized carbons (Fsp3) is 0.944. The molecule has 292 valence electrons. The van der Waals surface area contributed by atoms with E-state index < -0.39 is 108 Å². The van der Waals surface area contributed by atoms with Gasteiger partial charge in [-0.05, 0) is 68.0 Å². The number of hydrogen-bond acceptors (Lipinski definition) is 14. The first-order chi connectivity index (χ1) is 23.1. The largest absolute Gasteiger partial charge is 0.462 e. The van der Waals surface area contributed by atoms with Crippen LogP contribution in [0.15, 0.2) is 0 Å². The van der Waals surface area contributed by atoms with E-state index in [2.05, 4.69) is 0 Å². The summed E-state index contributed by atoms with van der Waals surface area (Å²) in [6, 6.07) is -0.331. The fourth-order valence-corrected chi connectivity index (χ4v) is 8.15. The zero-order chi connectivity index (χ0) is 38.0. The Morgan fingerprint density at radius 2 is 1.52 bits per heavy atom. The smallest absolute Gasteiger partial charge is 0.311 e. The van der Waals surface area contributed by atoms with Gasteiger partial charge in [0.15, 0.2) is 18.4 Å². The number of nitrogens with zero attached hydrogens (tertiary/aromatic N) is 1. The normalized spacial score (nSPS) is 49.0. The van der Waals surface area contributed by atoms with Crippen LogP contribution in [0.25, 0.3) is 0 Å². The molecule has 0 aromatic carbocycles. The van der Waals surface area contributed by atoms with E-state index in [0.29, 0.717) is 6.42 Å². The van der Waals surface area contributed by atoms with Crippen LogP contribution in [0.1, 0.15) is 88.0 Å². The van der Waals surface area contributed by atoms with Gasteiger partial charge in [0.1, 0.15) is 23.9 Å². The van der Waals surface area contributed by atoms with E-state index in [9.17, 15) is 35.1 Å². The summed E-state index contributed by atoms with van der Waals surface area (Å²) in [5.41, 5.74) is -4.07. The van der Waals surface area contributed by atoms with Crippen LogP contribution >= 0.6 is 0 Å². The molecule has 0 amide bonds. The number of ketones is 1. The number of Topliss-reactive ketones (excluding diaryl/α,β-unsaturated/α-hetero) is 1. The summed E-state index contributed by atoms with van der Waals surface area (Å²) < 4.78 is 36.8. The molecule has 0 spiro atoms. The van der Waals surface area contributed by atoms with E-state index in [1.54, 1.807) is 41.5 Å². The van der Waals surface area contributed by atoms with Crippen LogP contribution in [0, 0.1) is 23.7 Å². The van der Waals surface area contributed by atoms with Crippen molar-refractivity contribution in [3.05, 3.63) is 0 Å². The van der Waals surface area contributed by atoms with Crippen LogP contribution in [0.4, 0.5) is 0 Å². The number of rotatable bonds is 7. The van der Waals surface area contributed by atoms with E-state index in [1.165, 1.54) is 21.0 Å². The van der Waals surface area contributed by atoms with Gasteiger partial charge >= 0.3 is 5.97 Å². The SMILES string of the molecule is CCC1OC(=O)[C@H](C)C(O[C@H]2C[C@H](OC)[C@@H](O)[C@H](C)O2)[C@H](C)[C@@H](O[C@@H]2O[C@H](C)C[C@H](N(C)C)[C@H]2O)[C@](C)(O)C[C@@H](C)C(=O)[C@@](C)(O)[C@@H](O)[C@H]1C. The first kappa shape index (κ1) is 43.1. The molecule has 0 radical (unpaired) electrons. The summed E-state index contributed by atoms with van der Waals surface area (Å²) in [5.74, 6) is -5.01. The Morgan fingerprint density at radius 1 is 0.900 bits per heavy atom. The highest BCUT2D eigenvalue weighted by atomic mass is 16.7. The zero-order valence-electron chi connectivity index (χ0n) is 32.0. The van der Waals surface area contributed by atoms with Crippen molar-refractivity contribution in [1.29, 1.82) is 0 Å². The zero-order valence-corrected chi connectivity index (χ0v) is 32.0. The van der Waals surface area contributed by atoms with Crippen LogP contribution in [0.2, 0.25) is 0 Å². The number of methoxy groups -OCH3 is 1. The van der Waals surface area contributed by atoms with Gasteiger partial charge < -0.3 is 58.9 Å². The number of carbonyl (C=O) groups excluding carboxylic acids is 2. The highest BCUT2D eigenvalue weighted by Gasteiger charge is 2.53. The van der Waals surface area contributed by atoms with Crippen molar-refractivity contribution in [2.45, 2.75) is 173 Å². The van der Waals surface area contributed by atoms with Gasteiger partial charge in [-0.2, -0.15) is 0 Å². The minimum Gasteiger partial charge on any atom is -0.462 e. The number of ether oxygens (including phenoxy) is 6. The van der Waals surface area contributed by atoms with Crippen molar-refractivity contribution in [1.82, 2.24) is 4.90 Å². The Morgan fingerprint density at radius 3 is 2.08 bits per heavy atom. The molecule has 3 rings (SSSR count). The number of cyclic esters (lactones) is 1. The van der Waals surface area contributed by atoms with Crippen LogP contribution in [0.5, 0.6) is 0 Å². The van der Waals surface area contributed by atoms with Gasteiger partial charge in [-0.15, -0.1) is 0 Å². The fourth-order valence-electron chi connectivity index (χ4n) is 8.15. The first-order valence-electron chi connectivity index (χ1n) is 18.1. The van der Waals surface area contributed by atoms with Gasteiger partial charge in [0.05, 0.1) is 48.1 Å². The molecule has 14 heteroatoms. The molecule has 0 bridgehead atoms. The lowest BCUT2D eigenvalue weighted by Crippen LogP contribution is -2.60. The topological polar surface area (TPSA) is 194 Å². The van der Waals surface area contributed by atoms with E-state index in [1.807, 2.05) is 25.9 Å². The van der Waals surface area contributed by atoms with E-state index >= 15 is 0 Å². The molecule has 0 aromatic heterocycles. The second kappa shape index (κ2) is 17.2. The number of aliphatic hydroxyl groups excluding tert-OH is 3. The molecule has 3 saturated heterocycles. The van der Waals surface area contributed by atoms with Crippen LogP contribution in [0.3, 0.4) is 0 Å². The van der Waals surface area contributed by atoms with E-state index in [0.717, 1.165) is 0 Å². The monoisotopic (exact) mass is 719 g/mol. The summed E-state index contributed by atoms with van der Waals surface area (Å²) in [4.78, 5) is 29.7. The molecule has 3 aliphatic rings. The first-order valence-corrected chi connectivity index (χ1v) is 18.1.